The molecule has 1 heterocycles. The first-order valence-corrected chi connectivity index (χ1v) is 4.37. The molecule has 0 atom stereocenters. The fourth-order valence-electron chi connectivity index (χ4n) is 1.31. The molecule has 0 unspecified atom stereocenters. The van der Waals surface area contributed by atoms with Crippen molar-refractivity contribution in [2.24, 2.45) is 0 Å². The van der Waals surface area contributed by atoms with Crippen molar-refractivity contribution in [1.29, 1.82) is 0 Å². The fraction of sp³-hybridized carbons (Fsp3) is 0.500. The number of rotatable bonds is 4. The monoisotopic (exact) mass is 181 g/mol. The van der Waals surface area contributed by atoms with Crippen molar-refractivity contribution in [3.05, 3.63) is 24.0 Å². The van der Waals surface area contributed by atoms with Gasteiger partial charge in [-0.3, -0.25) is 4.79 Å². The Morgan fingerprint density at radius 3 is 2.77 bits per heavy atom. The first-order valence-electron chi connectivity index (χ1n) is 4.37. The fourth-order valence-corrected chi connectivity index (χ4v) is 1.31. The molecule has 0 saturated carbocycles. The number of carbonyl (C=O) groups is 1. The molecule has 1 rings (SSSR count). The van der Waals surface area contributed by atoms with Gasteiger partial charge in [-0.15, -0.1) is 0 Å². The van der Waals surface area contributed by atoms with Gasteiger partial charge < -0.3 is 10.1 Å². The van der Waals surface area contributed by atoms with Crippen molar-refractivity contribution >= 4 is 5.97 Å². The number of hydrogen-bond acceptors (Lipinski definition) is 1. The lowest BCUT2D eigenvalue weighted by Crippen LogP contribution is -2.17. The number of H-pyrrole nitrogens is 1. The predicted octanol–water partition coefficient (Wildman–Crippen LogP) is 2.16. The van der Waals surface area contributed by atoms with E-state index in [4.69, 9.17) is 5.11 Å². The summed E-state index contributed by atoms with van der Waals surface area (Å²) in [7, 11) is 0. The van der Waals surface area contributed by atoms with Crippen LogP contribution in [0.2, 0.25) is 0 Å². The van der Waals surface area contributed by atoms with Crippen LogP contribution < -0.4 is 0 Å². The van der Waals surface area contributed by atoms with E-state index < -0.39 is 5.97 Å². The van der Waals surface area contributed by atoms with Crippen molar-refractivity contribution in [3.63, 3.8) is 0 Å². The Hall–Kier alpha value is -1.25. The van der Waals surface area contributed by atoms with E-state index in [0.29, 0.717) is 6.42 Å². The van der Waals surface area contributed by atoms with Gasteiger partial charge in [-0.1, -0.05) is 13.8 Å². The van der Waals surface area contributed by atoms with Gasteiger partial charge in [-0.05, 0) is 23.5 Å². The minimum Gasteiger partial charge on any atom is -0.481 e. The number of aromatic nitrogens is 1. The number of aliphatic carboxylic acids is 1. The maximum absolute atomic E-state index is 10.4. The van der Waals surface area contributed by atoms with Crippen molar-refractivity contribution in [2.75, 3.05) is 0 Å². The van der Waals surface area contributed by atoms with Gasteiger partial charge in [-0.2, -0.15) is 0 Å². The first-order chi connectivity index (χ1) is 6.02. The third kappa shape index (κ3) is 2.61. The molecular weight excluding hydrogens is 166 g/mol. The highest BCUT2D eigenvalue weighted by Gasteiger charge is 2.21. The van der Waals surface area contributed by atoms with Gasteiger partial charge in [0.2, 0.25) is 0 Å². The van der Waals surface area contributed by atoms with E-state index in [2.05, 4.69) is 18.8 Å². The predicted molar refractivity (Wildman–Crippen MR) is 50.7 cm³/mol. The molecule has 13 heavy (non-hydrogen) atoms. The van der Waals surface area contributed by atoms with Crippen LogP contribution in [-0.2, 0) is 10.2 Å². The lowest BCUT2D eigenvalue weighted by Gasteiger charge is -2.22. The lowest BCUT2D eigenvalue weighted by atomic mass is 9.82. The molecule has 72 valence electrons. The maximum atomic E-state index is 10.4. The van der Waals surface area contributed by atoms with Gasteiger partial charge in [0.25, 0.3) is 0 Å². The van der Waals surface area contributed by atoms with Crippen LogP contribution in [-0.4, -0.2) is 16.1 Å². The van der Waals surface area contributed by atoms with Crippen LogP contribution >= 0.6 is 0 Å². The quantitative estimate of drug-likeness (QED) is 0.747. The van der Waals surface area contributed by atoms with Gasteiger partial charge in [0.1, 0.15) is 0 Å². The topological polar surface area (TPSA) is 53.1 Å². The second-order valence-corrected chi connectivity index (χ2v) is 3.88. The Morgan fingerprint density at radius 2 is 2.31 bits per heavy atom. The summed E-state index contributed by atoms with van der Waals surface area (Å²) in [6.45, 7) is 4.11. The number of carboxylic acids is 1. The zero-order valence-corrected chi connectivity index (χ0v) is 8.00. The first kappa shape index (κ1) is 9.84. The Morgan fingerprint density at radius 1 is 1.62 bits per heavy atom. The molecule has 0 fully saturated rings. The molecule has 0 bridgehead atoms. The SMILES string of the molecule is CC(C)(CCC(=O)O)c1cc[nH]c1. The Balaban J connectivity index is 2.61. The Bertz CT molecular complexity index is 275. The third-order valence-electron chi connectivity index (χ3n) is 2.34. The normalized spacial score (nSPS) is 11.5. The van der Waals surface area contributed by atoms with Gasteiger partial charge in [0.05, 0.1) is 0 Å². The molecule has 0 radical (unpaired) electrons. The summed E-state index contributed by atoms with van der Waals surface area (Å²) in [6.07, 6.45) is 4.66. The summed E-state index contributed by atoms with van der Waals surface area (Å²) in [5.41, 5.74) is 1.10. The van der Waals surface area contributed by atoms with Gasteiger partial charge in [0, 0.05) is 18.8 Å². The van der Waals surface area contributed by atoms with E-state index >= 15 is 0 Å². The summed E-state index contributed by atoms with van der Waals surface area (Å²) in [5.74, 6) is -0.733. The van der Waals surface area contributed by atoms with E-state index in [1.807, 2.05) is 18.5 Å². The van der Waals surface area contributed by atoms with Crippen LogP contribution in [0.3, 0.4) is 0 Å². The highest BCUT2D eigenvalue weighted by Crippen LogP contribution is 2.27. The van der Waals surface area contributed by atoms with Crippen LogP contribution in [0.4, 0.5) is 0 Å². The highest BCUT2D eigenvalue weighted by atomic mass is 16.4. The van der Waals surface area contributed by atoms with Crippen LogP contribution in [0.15, 0.2) is 18.5 Å². The molecular formula is C10H15NO2. The number of carboxylic acid groups (broad SMARTS) is 1. The van der Waals surface area contributed by atoms with Gasteiger partial charge >= 0.3 is 5.97 Å². The molecule has 0 saturated heterocycles. The second-order valence-electron chi connectivity index (χ2n) is 3.88. The summed E-state index contributed by atoms with van der Waals surface area (Å²) < 4.78 is 0. The maximum Gasteiger partial charge on any atom is 0.303 e. The third-order valence-corrected chi connectivity index (χ3v) is 2.34. The molecule has 2 N–H and O–H groups in total. The van der Waals surface area contributed by atoms with Crippen LogP contribution in [0.1, 0.15) is 32.3 Å². The summed E-state index contributed by atoms with van der Waals surface area (Å²) >= 11 is 0. The molecule has 1 aromatic rings. The molecule has 1 aromatic heterocycles. The molecule has 0 aliphatic heterocycles. The van der Waals surface area contributed by atoms with E-state index in [0.717, 1.165) is 5.56 Å². The van der Waals surface area contributed by atoms with Crippen molar-refractivity contribution in [1.82, 2.24) is 4.98 Å². The van der Waals surface area contributed by atoms with E-state index in [1.54, 1.807) is 0 Å². The average Bonchev–Trinajstić information content (AvgIpc) is 2.53. The standard InChI is InChI=1S/C10H15NO2/c1-10(2,5-3-9(12)13)8-4-6-11-7-8/h4,6-7,11H,3,5H2,1-2H3,(H,12,13). The summed E-state index contributed by atoms with van der Waals surface area (Å²) in [6, 6.07) is 1.99. The van der Waals surface area contributed by atoms with Crippen molar-refractivity contribution in [3.8, 4) is 0 Å². The molecule has 0 aliphatic carbocycles. The van der Waals surface area contributed by atoms with Gasteiger partial charge in [0.15, 0.2) is 0 Å². The van der Waals surface area contributed by atoms with Crippen LogP contribution in [0.5, 0.6) is 0 Å². The second kappa shape index (κ2) is 3.64. The zero-order valence-electron chi connectivity index (χ0n) is 8.00. The van der Waals surface area contributed by atoms with E-state index in [-0.39, 0.29) is 11.8 Å². The summed E-state index contributed by atoms with van der Waals surface area (Å²) in [4.78, 5) is 13.4. The van der Waals surface area contributed by atoms with Gasteiger partial charge in [-0.25, -0.2) is 0 Å². The minimum absolute atomic E-state index is 0.0572. The van der Waals surface area contributed by atoms with Crippen molar-refractivity contribution < 1.29 is 9.90 Å². The minimum atomic E-state index is -0.733. The molecule has 0 aromatic carbocycles. The average molecular weight is 181 g/mol. The van der Waals surface area contributed by atoms with E-state index in [1.165, 1.54) is 0 Å². The zero-order chi connectivity index (χ0) is 9.90. The smallest absolute Gasteiger partial charge is 0.303 e. The van der Waals surface area contributed by atoms with Crippen molar-refractivity contribution in [2.45, 2.75) is 32.1 Å². The molecule has 3 heteroatoms. The Labute approximate surface area is 77.8 Å². The number of hydrogen-bond donors (Lipinski definition) is 2. The highest BCUT2D eigenvalue weighted by molar-refractivity contribution is 5.66. The Kier molecular flexibility index (Phi) is 2.76. The summed E-state index contributed by atoms with van der Waals surface area (Å²) in [5, 5.41) is 8.57. The largest absolute Gasteiger partial charge is 0.481 e. The molecule has 0 spiro atoms. The lowest BCUT2D eigenvalue weighted by molar-refractivity contribution is -0.137. The van der Waals surface area contributed by atoms with Crippen LogP contribution in [0, 0.1) is 0 Å². The number of aromatic amines is 1. The molecule has 0 amide bonds. The molecule has 0 aliphatic rings. The molecule has 3 nitrogen and oxygen atoms in total. The van der Waals surface area contributed by atoms with Crippen LogP contribution in [0.25, 0.3) is 0 Å². The number of nitrogens with one attached hydrogen (secondary N) is 1. The van der Waals surface area contributed by atoms with E-state index in [9.17, 15) is 4.79 Å².